The van der Waals surface area contributed by atoms with Crippen molar-refractivity contribution in [3.8, 4) is 23.0 Å². The second kappa shape index (κ2) is 25.6. The molecular weight excluding hydrogens is 1200 g/mol. The zero-order chi connectivity index (χ0) is 64.6. The Balaban J connectivity index is 0.000000141. The zero-order valence-electron chi connectivity index (χ0n) is 48.2. The highest BCUT2D eigenvalue weighted by molar-refractivity contribution is 5.56. The Morgan fingerprint density at radius 3 is 1.30 bits per heavy atom. The van der Waals surface area contributed by atoms with E-state index in [1.54, 1.807) is 11.0 Å². The van der Waals surface area contributed by atoms with E-state index in [1.807, 2.05) is 17.0 Å². The van der Waals surface area contributed by atoms with Gasteiger partial charge in [0.1, 0.15) is 46.1 Å². The molecule has 4 heterocycles. The molecule has 470 valence electrons. The second-order valence-electron chi connectivity index (χ2n) is 22.9. The van der Waals surface area contributed by atoms with Crippen molar-refractivity contribution in [2.45, 2.75) is 84.7 Å². The summed E-state index contributed by atoms with van der Waals surface area (Å²) < 4.78 is 234. The molecule has 0 fully saturated rings. The number of alkyl halides is 3. The van der Waals surface area contributed by atoms with E-state index >= 15 is 0 Å². The molecular formula is C65H54F16N4O4. The fourth-order valence-electron chi connectivity index (χ4n) is 9.73. The lowest BCUT2D eigenvalue weighted by molar-refractivity contribution is -0.137. The van der Waals surface area contributed by atoms with Gasteiger partial charge in [-0.2, -0.15) is 13.2 Å². The van der Waals surface area contributed by atoms with E-state index in [0.29, 0.717) is 49.4 Å². The van der Waals surface area contributed by atoms with Crippen molar-refractivity contribution >= 4 is 22.7 Å². The first-order valence-corrected chi connectivity index (χ1v) is 27.2. The molecule has 0 saturated carbocycles. The van der Waals surface area contributed by atoms with Crippen LogP contribution in [0.2, 0.25) is 0 Å². The minimum absolute atomic E-state index is 0.0401. The molecule has 0 N–H and O–H groups in total. The molecule has 8 aromatic rings. The van der Waals surface area contributed by atoms with Gasteiger partial charge in [0.2, 0.25) is 0 Å². The predicted molar refractivity (Wildman–Crippen MR) is 300 cm³/mol. The molecule has 0 amide bonds. The van der Waals surface area contributed by atoms with Gasteiger partial charge in [0.25, 0.3) is 0 Å². The number of anilines is 4. The number of benzene rings is 8. The van der Waals surface area contributed by atoms with Gasteiger partial charge in [0, 0.05) is 72.0 Å². The van der Waals surface area contributed by atoms with Crippen molar-refractivity contribution in [2.24, 2.45) is 0 Å². The van der Waals surface area contributed by atoms with Gasteiger partial charge < -0.3 is 38.5 Å². The molecule has 0 bridgehead atoms. The fourth-order valence-corrected chi connectivity index (χ4v) is 9.73. The molecule has 0 unspecified atom stereocenters. The van der Waals surface area contributed by atoms with E-state index in [1.165, 1.54) is 46.4 Å². The number of ether oxygens (including phenoxy) is 4. The van der Waals surface area contributed by atoms with Crippen LogP contribution in [0.4, 0.5) is 93.0 Å². The monoisotopic (exact) mass is 1260 g/mol. The summed E-state index contributed by atoms with van der Waals surface area (Å²) in [6, 6.07) is 26.5. The molecule has 12 rings (SSSR count). The number of hydrogen-bond acceptors (Lipinski definition) is 8. The van der Waals surface area contributed by atoms with Gasteiger partial charge in [-0.25, -0.2) is 57.1 Å². The summed E-state index contributed by atoms with van der Waals surface area (Å²) >= 11 is 0. The van der Waals surface area contributed by atoms with Gasteiger partial charge in [-0.1, -0.05) is 59.7 Å². The van der Waals surface area contributed by atoms with Crippen LogP contribution >= 0.6 is 0 Å². The van der Waals surface area contributed by atoms with Crippen molar-refractivity contribution < 1.29 is 89.2 Å². The molecule has 0 spiro atoms. The molecule has 24 heteroatoms. The summed E-state index contributed by atoms with van der Waals surface area (Å²) in [5, 5.41) is 0. The summed E-state index contributed by atoms with van der Waals surface area (Å²) in [6.45, 7) is 13.3. The Labute approximate surface area is 500 Å². The smallest absolute Gasteiger partial charge is 0.416 e. The predicted octanol–water partition coefficient (Wildman–Crippen LogP) is 17.6. The second-order valence-corrected chi connectivity index (χ2v) is 22.9. The third kappa shape index (κ3) is 14.6. The Hall–Kier alpha value is -8.96. The minimum Gasteiger partial charge on any atom is -0.473 e. The average Bonchev–Trinajstić information content (AvgIpc) is 1.16. The molecule has 4 aliphatic rings. The van der Waals surface area contributed by atoms with Crippen LogP contribution < -0.4 is 38.5 Å². The molecule has 89 heavy (non-hydrogen) atoms. The normalized spacial score (nSPS) is 14.3. The van der Waals surface area contributed by atoms with Crippen LogP contribution in [0.5, 0.6) is 23.0 Å². The third-order valence-corrected chi connectivity index (χ3v) is 14.6. The molecule has 4 aliphatic heterocycles. The van der Waals surface area contributed by atoms with Crippen LogP contribution in [0, 0.1) is 75.6 Å². The lowest BCUT2D eigenvalue weighted by Crippen LogP contribution is -2.34. The van der Waals surface area contributed by atoms with Gasteiger partial charge in [-0.05, 0) is 88.7 Å². The lowest BCUT2D eigenvalue weighted by Gasteiger charge is -2.32. The topological polar surface area (TPSA) is 49.9 Å². The van der Waals surface area contributed by atoms with Crippen LogP contribution in [0.15, 0.2) is 121 Å². The SMILES string of the molecule is CC(C)(C)c1ccc2c(c1)CN(c1ccc(F)c(F)c1)CO2.CC(C)(C)c1ccc2c(c1)CN(c1ccc(F)cc1F)CO2.Fc1cc(F)c(N2COc3cc(F)c(F)c(F)c3C2)c(F)c1.Fc1cc2c(c(F)c1F)CN(c1cccc(C(F)(F)F)c1)CO2. The summed E-state index contributed by atoms with van der Waals surface area (Å²) in [7, 11) is 0. The number of rotatable bonds is 4. The van der Waals surface area contributed by atoms with Crippen molar-refractivity contribution in [3.05, 3.63) is 236 Å². The Kier molecular flexibility index (Phi) is 18.6. The standard InChI is InChI=1S/2C18H19F2NO.C15H9F6NO.C14H7F6NO/c1-18(2,3)13-4-7-17-12(8-13)10-21(11-22-17)16-6-5-14(19)9-15(16)20;1-18(2,3)13-4-7-17-12(8-13)10-21(11-22-17)14-5-6-15(19)16(20)9-14;16-11-5-12-10(13(17)14(11)18)6-22(7-23-12)9-3-1-2-8(4-9)15(19,20)21;15-6-1-9(17)14(10(18)2-6)21-4-7-11(22-5-21)3-8(16)13(20)12(7)19/h2*4-9H,10-11H2,1-3H3;1-5H,6-7H2;1-3H,4-5H2. The van der Waals surface area contributed by atoms with E-state index in [2.05, 4.69) is 65.8 Å². The van der Waals surface area contributed by atoms with Crippen molar-refractivity contribution in [1.29, 1.82) is 0 Å². The van der Waals surface area contributed by atoms with Crippen LogP contribution in [-0.2, 0) is 43.2 Å². The van der Waals surface area contributed by atoms with E-state index in [4.69, 9.17) is 18.9 Å². The van der Waals surface area contributed by atoms with Gasteiger partial charge in [-0.15, -0.1) is 0 Å². The molecule has 0 aromatic heterocycles. The highest BCUT2D eigenvalue weighted by atomic mass is 19.4. The molecule has 0 aliphatic carbocycles. The van der Waals surface area contributed by atoms with E-state index in [-0.39, 0.29) is 59.1 Å². The van der Waals surface area contributed by atoms with Crippen molar-refractivity contribution in [2.75, 3.05) is 46.5 Å². The van der Waals surface area contributed by atoms with Gasteiger partial charge in [-0.3, -0.25) is 0 Å². The third-order valence-electron chi connectivity index (χ3n) is 14.6. The van der Waals surface area contributed by atoms with Crippen LogP contribution in [0.3, 0.4) is 0 Å². The number of nitrogens with zero attached hydrogens (tertiary/aromatic N) is 4. The Bertz CT molecular complexity index is 3920. The molecule has 0 atom stereocenters. The van der Waals surface area contributed by atoms with Crippen LogP contribution in [0.25, 0.3) is 0 Å². The first kappa shape index (κ1) is 64.5. The maximum absolute atomic E-state index is 13.9. The van der Waals surface area contributed by atoms with E-state index < -0.39 is 106 Å². The van der Waals surface area contributed by atoms with Crippen LogP contribution in [-0.4, -0.2) is 26.9 Å². The van der Waals surface area contributed by atoms with E-state index in [0.717, 1.165) is 57.9 Å². The maximum Gasteiger partial charge on any atom is 0.416 e. The molecule has 0 radical (unpaired) electrons. The summed E-state index contributed by atoms with van der Waals surface area (Å²) in [6.07, 6.45) is -4.52. The number of fused-ring (bicyclic) bond motifs is 4. The minimum atomic E-state index is -4.52. The largest absolute Gasteiger partial charge is 0.473 e. The first-order chi connectivity index (χ1) is 41.8. The van der Waals surface area contributed by atoms with Gasteiger partial charge >= 0.3 is 6.18 Å². The molecule has 0 saturated heterocycles. The zero-order valence-corrected chi connectivity index (χ0v) is 48.2. The van der Waals surface area contributed by atoms with Crippen molar-refractivity contribution in [3.63, 3.8) is 0 Å². The van der Waals surface area contributed by atoms with Crippen molar-refractivity contribution in [1.82, 2.24) is 0 Å². The highest BCUT2D eigenvalue weighted by Crippen LogP contribution is 2.40. The van der Waals surface area contributed by atoms with Gasteiger partial charge in [0.05, 0.1) is 35.5 Å². The summed E-state index contributed by atoms with van der Waals surface area (Å²) in [5.41, 5.74) is 3.57. The summed E-state index contributed by atoms with van der Waals surface area (Å²) in [5.74, 6) is -14.2. The number of hydrogen-bond donors (Lipinski definition) is 0. The Morgan fingerprint density at radius 2 is 0.798 bits per heavy atom. The average molecular weight is 1260 g/mol. The fraction of sp³-hybridized carbons (Fsp3) is 0.262. The highest BCUT2D eigenvalue weighted by Gasteiger charge is 2.34. The van der Waals surface area contributed by atoms with E-state index in [9.17, 15) is 70.2 Å². The van der Waals surface area contributed by atoms with Crippen LogP contribution in [0.1, 0.15) is 80.5 Å². The first-order valence-electron chi connectivity index (χ1n) is 27.2. The Morgan fingerprint density at radius 1 is 0.337 bits per heavy atom. The molecule has 8 aromatic carbocycles. The molecule has 8 nitrogen and oxygen atoms in total. The maximum atomic E-state index is 13.9. The van der Waals surface area contributed by atoms with Gasteiger partial charge in [0.15, 0.2) is 85.1 Å². The number of halogens is 16. The lowest BCUT2D eigenvalue weighted by atomic mass is 9.86. The summed E-state index contributed by atoms with van der Waals surface area (Å²) in [4.78, 5) is 5.85. The quantitative estimate of drug-likeness (QED) is 0.128.